The third kappa shape index (κ3) is 2.26. The zero-order chi connectivity index (χ0) is 12.2. The molecule has 0 spiro atoms. The maximum atomic E-state index is 4.27. The first-order valence-electron chi connectivity index (χ1n) is 6.02. The highest BCUT2D eigenvalue weighted by Crippen LogP contribution is 2.14. The van der Waals surface area contributed by atoms with Crippen molar-refractivity contribution < 1.29 is 0 Å². The van der Waals surface area contributed by atoms with Gasteiger partial charge in [0.2, 0.25) is 0 Å². The predicted molar refractivity (Wildman–Crippen MR) is 70.0 cm³/mol. The minimum atomic E-state index is 0.840. The molecule has 3 aromatic rings. The highest BCUT2D eigenvalue weighted by Gasteiger charge is 2.02. The normalized spacial score (nSPS) is 11.1. The molecule has 5 heteroatoms. The molecule has 0 aliphatic heterocycles. The Balaban J connectivity index is 1.57. The molecular weight excluding hydrogens is 226 g/mol. The van der Waals surface area contributed by atoms with Crippen molar-refractivity contribution in [1.29, 1.82) is 0 Å². The second-order valence-electron chi connectivity index (χ2n) is 4.16. The van der Waals surface area contributed by atoms with Crippen LogP contribution in [0.4, 0.5) is 0 Å². The minimum Gasteiger partial charge on any atom is -0.346 e. The first kappa shape index (κ1) is 11.0. The van der Waals surface area contributed by atoms with Crippen LogP contribution >= 0.6 is 0 Å². The van der Waals surface area contributed by atoms with Crippen molar-refractivity contribution in [1.82, 2.24) is 25.1 Å². The fourth-order valence-corrected chi connectivity index (χ4v) is 2.01. The summed E-state index contributed by atoms with van der Waals surface area (Å²) in [5.74, 6) is 0. The summed E-state index contributed by atoms with van der Waals surface area (Å²) in [5.41, 5.74) is 2.19. The van der Waals surface area contributed by atoms with Crippen LogP contribution in [0.1, 0.15) is 5.56 Å². The smallest absolute Gasteiger partial charge is 0.137 e. The molecule has 3 aromatic heterocycles. The second-order valence-corrected chi connectivity index (χ2v) is 4.16. The van der Waals surface area contributed by atoms with E-state index in [1.165, 1.54) is 10.9 Å². The molecule has 0 aliphatic rings. The van der Waals surface area contributed by atoms with Crippen molar-refractivity contribution in [2.45, 2.75) is 13.1 Å². The van der Waals surface area contributed by atoms with Crippen molar-refractivity contribution in [3.05, 3.63) is 48.5 Å². The average Bonchev–Trinajstić information content (AvgIpc) is 3.04. The second kappa shape index (κ2) is 5.01. The molecule has 3 heterocycles. The molecule has 0 amide bonds. The maximum absolute atomic E-state index is 4.27. The van der Waals surface area contributed by atoms with Crippen LogP contribution in [-0.4, -0.2) is 26.3 Å². The highest BCUT2D eigenvalue weighted by molar-refractivity contribution is 5.79. The van der Waals surface area contributed by atoms with Crippen molar-refractivity contribution >= 4 is 11.0 Å². The lowest BCUT2D eigenvalue weighted by Gasteiger charge is -2.04. The quantitative estimate of drug-likeness (QED) is 0.666. The van der Waals surface area contributed by atoms with E-state index in [1.54, 1.807) is 12.4 Å². The van der Waals surface area contributed by atoms with Gasteiger partial charge in [0.05, 0.1) is 6.54 Å². The lowest BCUT2D eigenvalue weighted by atomic mass is 10.2. The molecule has 0 atom stereocenters. The van der Waals surface area contributed by atoms with Gasteiger partial charge < -0.3 is 10.3 Å². The lowest BCUT2D eigenvalue weighted by molar-refractivity contribution is 0.555. The molecule has 92 valence electrons. The molecule has 0 aromatic carbocycles. The SMILES string of the molecule is c1cnc2[nH]cc(CNCCn3cccn3)c2c1. The summed E-state index contributed by atoms with van der Waals surface area (Å²) in [5, 5.41) is 8.76. The fraction of sp³-hybridized carbons (Fsp3) is 0.231. The Morgan fingerprint density at radius 3 is 3.17 bits per heavy atom. The molecule has 0 aliphatic carbocycles. The maximum Gasteiger partial charge on any atom is 0.137 e. The molecule has 0 radical (unpaired) electrons. The largest absolute Gasteiger partial charge is 0.346 e. The third-order valence-electron chi connectivity index (χ3n) is 2.93. The standard InChI is InChI=1S/C13H15N5/c1-3-12-11(10-16-13(12)15-4-1)9-14-6-8-18-7-2-5-17-18/h1-5,7,10,14H,6,8-9H2,(H,15,16). The summed E-state index contributed by atoms with van der Waals surface area (Å²) in [7, 11) is 0. The number of aromatic nitrogens is 4. The molecule has 0 saturated heterocycles. The molecule has 2 N–H and O–H groups in total. The zero-order valence-electron chi connectivity index (χ0n) is 10.0. The fourth-order valence-electron chi connectivity index (χ4n) is 2.01. The van der Waals surface area contributed by atoms with Crippen molar-refractivity contribution in [2.75, 3.05) is 6.54 Å². The van der Waals surface area contributed by atoms with Gasteiger partial charge in [-0.05, 0) is 23.8 Å². The number of aromatic amines is 1. The highest BCUT2D eigenvalue weighted by atomic mass is 15.3. The van der Waals surface area contributed by atoms with E-state index in [0.29, 0.717) is 0 Å². The Hall–Kier alpha value is -2.14. The Bertz CT molecular complexity index is 611. The monoisotopic (exact) mass is 241 g/mol. The number of fused-ring (bicyclic) bond motifs is 1. The van der Waals surface area contributed by atoms with Crippen LogP contribution in [0.15, 0.2) is 43.0 Å². The van der Waals surface area contributed by atoms with Crippen LogP contribution in [0.5, 0.6) is 0 Å². The lowest BCUT2D eigenvalue weighted by Crippen LogP contribution is -2.19. The van der Waals surface area contributed by atoms with Crippen LogP contribution in [-0.2, 0) is 13.1 Å². The average molecular weight is 241 g/mol. The summed E-state index contributed by atoms with van der Waals surface area (Å²) in [4.78, 5) is 7.45. The van der Waals surface area contributed by atoms with E-state index in [9.17, 15) is 0 Å². The Kier molecular flexibility index (Phi) is 3.06. The number of H-pyrrole nitrogens is 1. The number of nitrogens with zero attached hydrogens (tertiary/aromatic N) is 3. The van der Waals surface area contributed by atoms with Gasteiger partial charge in [-0.25, -0.2) is 4.98 Å². The topological polar surface area (TPSA) is 58.5 Å². The minimum absolute atomic E-state index is 0.840. The van der Waals surface area contributed by atoms with Crippen molar-refractivity contribution in [3.63, 3.8) is 0 Å². The van der Waals surface area contributed by atoms with Gasteiger partial charge in [-0.1, -0.05) is 0 Å². The van der Waals surface area contributed by atoms with Crippen LogP contribution in [0.3, 0.4) is 0 Å². The Labute approximate surface area is 105 Å². The van der Waals surface area contributed by atoms with Gasteiger partial charge in [0.1, 0.15) is 5.65 Å². The van der Waals surface area contributed by atoms with Crippen molar-refractivity contribution in [2.24, 2.45) is 0 Å². The van der Waals surface area contributed by atoms with Gasteiger partial charge in [-0.3, -0.25) is 4.68 Å². The van der Waals surface area contributed by atoms with E-state index in [-0.39, 0.29) is 0 Å². The van der Waals surface area contributed by atoms with E-state index >= 15 is 0 Å². The number of nitrogens with one attached hydrogen (secondary N) is 2. The van der Waals surface area contributed by atoms with Crippen LogP contribution in [0, 0.1) is 0 Å². The molecule has 0 bridgehead atoms. The third-order valence-corrected chi connectivity index (χ3v) is 2.93. The number of pyridine rings is 1. The number of rotatable bonds is 5. The van der Waals surface area contributed by atoms with Crippen LogP contribution in [0.2, 0.25) is 0 Å². The van der Waals surface area contributed by atoms with E-state index in [0.717, 1.165) is 25.3 Å². The molecular formula is C13H15N5. The van der Waals surface area contributed by atoms with Gasteiger partial charge >= 0.3 is 0 Å². The van der Waals surface area contributed by atoms with Crippen LogP contribution in [0.25, 0.3) is 11.0 Å². The summed E-state index contributed by atoms with van der Waals surface area (Å²) in [6.45, 7) is 2.62. The number of hydrogen-bond donors (Lipinski definition) is 2. The van der Waals surface area contributed by atoms with Gasteiger partial charge in [-0.2, -0.15) is 5.10 Å². The van der Waals surface area contributed by atoms with Crippen molar-refractivity contribution in [3.8, 4) is 0 Å². The van der Waals surface area contributed by atoms with E-state index < -0.39 is 0 Å². The Morgan fingerprint density at radius 1 is 1.28 bits per heavy atom. The predicted octanol–water partition coefficient (Wildman–Crippen LogP) is 1.55. The van der Waals surface area contributed by atoms with Gasteiger partial charge in [0.15, 0.2) is 0 Å². The molecule has 0 saturated carbocycles. The van der Waals surface area contributed by atoms with Gasteiger partial charge in [-0.15, -0.1) is 0 Å². The summed E-state index contributed by atoms with van der Waals surface area (Å²) < 4.78 is 1.92. The molecule has 0 unspecified atom stereocenters. The van der Waals surface area contributed by atoms with E-state index in [1.807, 2.05) is 29.2 Å². The number of hydrogen-bond acceptors (Lipinski definition) is 3. The first-order valence-corrected chi connectivity index (χ1v) is 6.02. The van der Waals surface area contributed by atoms with Gasteiger partial charge in [0, 0.05) is 43.3 Å². The first-order chi connectivity index (χ1) is 8.93. The van der Waals surface area contributed by atoms with Crippen LogP contribution < -0.4 is 5.32 Å². The summed E-state index contributed by atoms with van der Waals surface area (Å²) in [6, 6.07) is 5.98. The van der Waals surface area contributed by atoms with E-state index in [4.69, 9.17) is 0 Å². The Morgan fingerprint density at radius 2 is 2.28 bits per heavy atom. The zero-order valence-corrected chi connectivity index (χ0v) is 10.0. The molecule has 5 nitrogen and oxygen atoms in total. The molecule has 18 heavy (non-hydrogen) atoms. The summed E-state index contributed by atoms with van der Waals surface area (Å²) in [6.07, 6.45) is 7.58. The molecule has 0 fully saturated rings. The van der Waals surface area contributed by atoms with Gasteiger partial charge in [0.25, 0.3) is 0 Å². The molecule has 3 rings (SSSR count). The van der Waals surface area contributed by atoms with E-state index in [2.05, 4.69) is 26.4 Å². The summed E-state index contributed by atoms with van der Waals surface area (Å²) >= 11 is 0.